The number of benzene rings is 1. The van der Waals surface area contributed by atoms with Crippen LogP contribution in [0.1, 0.15) is 39.2 Å². The van der Waals surface area contributed by atoms with Crippen LogP contribution in [0, 0.1) is 0 Å². The molecule has 0 spiro atoms. The van der Waals surface area contributed by atoms with Crippen molar-refractivity contribution in [2.45, 2.75) is 51.7 Å². The monoisotopic (exact) mass is 249 g/mol. The maximum Gasteiger partial charge on any atom is 0.323 e. The van der Waals surface area contributed by atoms with Crippen LogP contribution < -0.4 is 5.73 Å². The Balaban J connectivity index is 2.41. The molecule has 0 saturated heterocycles. The lowest BCUT2D eigenvalue weighted by Gasteiger charge is -2.25. The summed E-state index contributed by atoms with van der Waals surface area (Å²) in [6, 6.07) is 9.47. The molecule has 1 atom stereocenters. The third-order valence-corrected chi connectivity index (χ3v) is 3.12. The van der Waals surface area contributed by atoms with Gasteiger partial charge in [0.1, 0.15) is 11.6 Å². The Morgan fingerprint density at radius 1 is 1.33 bits per heavy atom. The van der Waals surface area contributed by atoms with Gasteiger partial charge in [-0.15, -0.1) is 0 Å². The number of hydrogen-bond donors (Lipinski definition) is 1. The van der Waals surface area contributed by atoms with Gasteiger partial charge in [-0.2, -0.15) is 0 Å². The number of carbonyl (C=O) groups is 1. The van der Waals surface area contributed by atoms with Gasteiger partial charge in [-0.1, -0.05) is 37.3 Å². The van der Waals surface area contributed by atoms with Crippen LogP contribution in [0.25, 0.3) is 0 Å². The van der Waals surface area contributed by atoms with E-state index < -0.39 is 11.6 Å². The van der Waals surface area contributed by atoms with Gasteiger partial charge in [0.25, 0.3) is 0 Å². The Morgan fingerprint density at radius 3 is 2.50 bits per heavy atom. The van der Waals surface area contributed by atoms with Crippen molar-refractivity contribution in [3.8, 4) is 0 Å². The second-order valence-corrected chi connectivity index (χ2v) is 5.17. The van der Waals surface area contributed by atoms with E-state index in [2.05, 4.69) is 0 Å². The van der Waals surface area contributed by atoms with E-state index in [1.54, 1.807) is 0 Å². The van der Waals surface area contributed by atoms with E-state index >= 15 is 0 Å². The molecule has 3 heteroatoms. The zero-order valence-electron chi connectivity index (χ0n) is 11.5. The van der Waals surface area contributed by atoms with Gasteiger partial charge in [-0.05, 0) is 38.7 Å². The van der Waals surface area contributed by atoms with E-state index in [0.717, 1.165) is 12.8 Å². The van der Waals surface area contributed by atoms with Crippen molar-refractivity contribution < 1.29 is 9.53 Å². The lowest BCUT2D eigenvalue weighted by atomic mass is 10.0. The third kappa shape index (κ3) is 4.88. The molecule has 18 heavy (non-hydrogen) atoms. The van der Waals surface area contributed by atoms with Crippen molar-refractivity contribution in [1.29, 1.82) is 0 Å². The van der Waals surface area contributed by atoms with Crippen LogP contribution in [0.4, 0.5) is 0 Å². The second-order valence-electron chi connectivity index (χ2n) is 5.17. The van der Waals surface area contributed by atoms with Gasteiger partial charge in [0.2, 0.25) is 0 Å². The van der Waals surface area contributed by atoms with Gasteiger partial charge in [-0.25, -0.2) is 0 Å². The van der Waals surface area contributed by atoms with Gasteiger partial charge in [0, 0.05) is 0 Å². The predicted molar refractivity (Wildman–Crippen MR) is 73.2 cm³/mol. The highest BCUT2D eigenvalue weighted by Crippen LogP contribution is 2.15. The number of aryl methyl sites for hydroxylation is 1. The van der Waals surface area contributed by atoms with Crippen molar-refractivity contribution in [2.24, 2.45) is 5.73 Å². The van der Waals surface area contributed by atoms with Crippen molar-refractivity contribution in [1.82, 2.24) is 0 Å². The fraction of sp³-hybridized carbons (Fsp3) is 0.533. The first-order chi connectivity index (χ1) is 8.44. The Hall–Kier alpha value is -1.35. The highest BCUT2D eigenvalue weighted by atomic mass is 16.6. The average Bonchev–Trinajstić information content (AvgIpc) is 2.36. The minimum atomic E-state index is -0.545. The molecule has 0 aromatic heterocycles. The molecule has 1 rings (SSSR count). The van der Waals surface area contributed by atoms with Crippen LogP contribution in [0.3, 0.4) is 0 Å². The topological polar surface area (TPSA) is 52.3 Å². The minimum absolute atomic E-state index is 0.308. The summed E-state index contributed by atoms with van der Waals surface area (Å²) in [6.07, 6.45) is 2.19. The van der Waals surface area contributed by atoms with E-state index in [4.69, 9.17) is 10.5 Å². The summed E-state index contributed by atoms with van der Waals surface area (Å²) in [5.74, 6) is -0.308. The van der Waals surface area contributed by atoms with Gasteiger partial charge < -0.3 is 10.5 Å². The fourth-order valence-electron chi connectivity index (χ4n) is 1.50. The van der Waals surface area contributed by atoms with Crippen LogP contribution in [-0.4, -0.2) is 17.6 Å². The molecule has 1 aromatic rings. The molecule has 0 aliphatic carbocycles. The summed E-state index contributed by atoms with van der Waals surface area (Å²) in [5.41, 5.74) is 6.61. The van der Waals surface area contributed by atoms with Gasteiger partial charge in [0.05, 0.1) is 0 Å². The van der Waals surface area contributed by atoms with E-state index in [0.29, 0.717) is 6.42 Å². The average molecular weight is 249 g/mol. The zero-order valence-corrected chi connectivity index (χ0v) is 11.5. The molecule has 0 radical (unpaired) electrons. The molecule has 1 aromatic carbocycles. The summed E-state index contributed by atoms with van der Waals surface area (Å²) < 4.78 is 5.37. The molecule has 0 aliphatic rings. The van der Waals surface area contributed by atoms with E-state index in [9.17, 15) is 4.79 Å². The Bertz CT molecular complexity index is 373. The fourth-order valence-corrected chi connectivity index (χ4v) is 1.50. The van der Waals surface area contributed by atoms with Gasteiger partial charge in [-0.3, -0.25) is 4.79 Å². The SMILES string of the molecule is CCC(C)(C)OC(=O)[C@@H](N)CCc1ccccc1. The first-order valence-electron chi connectivity index (χ1n) is 6.47. The predicted octanol–water partition coefficient (Wildman–Crippen LogP) is 2.68. The normalized spacial score (nSPS) is 13.1. The Labute approximate surface area is 109 Å². The molecule has 2 N–H and O–H groups in total. The molecular formula is C15H23NO2. The number of nitrogens with two attached hydrogens (primary N) is 1. The summed E-state index contributed by atoms with van der Waals surface area (Å²) in [5, 5.41) is 0. The highest BCUT2D eigenvalue weighted by molar-refractivity contribution is 5.75. The first-order valence-corrected chi connectivity index (χ1v) is 6.47. The number of hydrogen-bond acceptors (Lipinski definition) is 3. The van der Waals surface area contributed by atoms with Crippen molar-refractivity contribution >= 4 is 5.97 Å². The van der Waals surface area contributed by atoms with Crippen LogP contribution in [0.2, 0.25) is 0 Å². The molecule has 3 nitrogen and oxygen atoms in total. The molecule has 0 amide bonds. The van der Waals surface area contributed by atoms with Crippen molar-refractivity contribution in [3.63, 3.8) is 0 Å². The van der Waals surface area contributed by atoms with Crippen LogP contribution >= 0.6 is 0 Å². The van der Waals surface area contributed by atoms with E-state index in [-0.39, 0.29) is 5.97 Å². The Morgan fingerprint density at radius 2 is 1.94 bits per heavy atom. The standard InChI is InChI=1S/C15H23NO2/c1-4-15(2,3)18-14(17)13(16)11-10-12-8-6-5-7-9-12/h5-9,13H,4,10-11,16H2,1-3H3/t13-/m0/s1. The zero-order chi connectivity index (χ0) is 13.6. The molecule has 0 fully saturated rings. The van der Waals surface area contributed by atoms with Crippen molar-refractivity contribution in [3.05, 3.63) is 35.9 Å². The molecule has 100 valence electrons. The highest BCUT2D eigenvalue weighted by Gasteiger charge is 2.24. The van der Waals surface area contributed by atoms with E-state index in [1.807, 2.05) is 51.1 Å². The third-order valence-electron chi connectivity index (χ3n) is 3.12. The second kappa shape index (κ2) is 6.55. The van der Waals surface area contributed by atoms with Gasteiger partial charge >= 0.3 is 5.97 Å². The molecule has 0 unspecified atom stereocenters. The molecule has 0 saturated carbocycles. The summed E-state index contributed by atoms with van der Waals surface area (Å²) >= 11 is 0. The minimum Gasteiger partial charge on any atom is -0.459 e. The summed E-state index contributed by atoms with van der Waals surface area (Å²) in [7, 11) is 0. The largest absolute Gasteiger partial charge is 0.459 e. The maximum atomic E-state index is 11.8. The molecule has 0 aliphatic heterocycles. The van der Waals surface area contributed by atoms with Crippen LogP contribution in [0.5, 0.6) is 0 Å². The van der Waals surface area contributed by atoms with E-state index in [1.165, 1.54) is 5.56 Å². The number of carbonyl (C=O) groups excluding carboxylic acids is 1. The molecule has 0 heterocycles. The Kier molecular flexibility index (Phi) is 5.35. The molecular weight excluding hydrogens is 226 g/mol. The van der Waals surface area contributed by atoms with Crippen LogP contribution in [-0.2, 0) is 16.0 Å². The molecule has 0 bridgehead atoms. The van der Waals surface area contributed by atoms with Crippen molar-refractivity contribution in [2.75, 3.05) is 0 Å². The number of rotatable bonds is 6. The maximum absolute atomic E-state index is 11.8. The quantitative estimate of drug-likeness (QED) is 0.789. The smallest absolute Gasteiger partial charge is 0.323 e. The summed E-state index contributed by atoms with van der Waals surface area (Å²) in [6.45, 7) is 5.78. The lowest BCUT2D eigenvalue weighted by Crippen LogP contribution is -2.38. The van der Waals surface area contributed by atoms with Gasteiger partial charge in [0.15, 0.2) is 0 Å². The first kappa shape index (κ1) is 14.7. The van der Waals surface area contributed by atoms with Crippen LogP contribution in [0.15, 0.2) is 30.3 Å². The summed E-state index contributed by atoms with van der Waals surface area (Å²) in [4.78, 5) is 11.8. The lowest BCUT2D eigenvalue weighted by molar-refractivity contribution is -0.158. The number of ether oxygens (including phenoxy) is 1. The number of esters is 1.